The van der Waals surface area contributed by atoms with Gasteiger partial charge in [0.25, 0.3) is 0 Å². The van der Waals surface area contributed by atoms with Gasteiger partial charge < -0.3 is 29.1 Å². The van der Waals surface area contributed by atoms with Crippen LogP contribution in [0.5, 0.6) is 17.2 Å². The largest absolute Gasteiger partial charge is 1.00 e. The molecule has 2 saturated heterocycles. The zero-order valence-corrected chi connectivity index (χ0v) is 29.7. The standard InChI is InChI=1S/C36H40N2O5S.Na/c1-23-24(2)33-30(25(3)32(23)42-20-27-9-6-5-7-10-27)16-17-36(4,43-33)22-38-18-8-11-28(38)21-41-29-14-12-26(13-15-29)19-31-34(39)37-35(40)44-31;/h5-7,9-10,12-15,19,28H,8,11,16-18,20-22H2,1-4H3,(H,37,39,40);/q;+1/p-1/b31-19-;/t28-,36?;/m0./s1. The molecule has 0 saturated carbocycles. The number of benzene rings is 3. The number of fused-ring (bicyclic) bond motifs is 1. The molecule has 2 amide bonds. The van der Waals surface area contributed by atoms with E-state index in [9.17, 15) is 9.59 Å². The topological polar surface area (TPSA) is 79.2 Å². The second-order valence-corrected chi connectivity index (χ2v) is 13.3. The van der Waals surface area contributed by atoms with Gasteiger partial charge in [-0.15, -0.1) is 0 Å². The molecular formula is C36H39N2NaO5S. The molecule has 0 N–H and O–H groups in total. The van der Waals surface area contributed by atoms with Crippen molar-refractivity contribution in [2.45, 2.75) is 71.6 Å². The van der Waals surface area contributed by atoms with Crippen LogP contribution < -0.4 is 43.8 Å². The predicted molar refractivity (Wildman–Crippen MR) is 175 cm³/mol. The van der Waals surface area contributed by atoms with Crippen LogP contribution in [0.4, 0.5) is 4.79 Å². The maximum absolute atomic E-state index is 11.8. The Hall–Kier alpha value is -2.75. The molecule has 1 unspecified atom stereocenters. The number of thioether (sulfide) groups is 1. The molecule has 0 radical (unpaired) electrons. The fraction of sp³-hybridized carbons (Fsp3) is 0.389. The number of hydrogen-bond acceptors (Lipinski definition) is 7. The Bertz CT molecular complexity index is 1590. The molecule has 0 spiro atoms. The molecule has 0 aliphatic carbocycles. The van der Waals surface area contributed by atoms with Gasteiger partial charge in [-0.2, -0.15) is 0 Å². The fourth-order valence-electron chi connectivity index (χ4n) is 6.45. The molecule has 45 heavy (non-hydrogen) atoms. The summed E-state index contributed by atoms with van der Waals surface area (Å²) in [5.74, 6) is 2.32. The minimum Gasteiger partial charge on any atom is -0.581 e. The van der Waals surface area contributed by atoms with Crippen molar-refractivity contribution in [2.24, 2.45) is 0 Å². The van der Waals surface area contributed by atoms with Gasteiger partial charge in [0.15, 0.2) is 0 Å². The first-order chi connectivity index (χ1) is 21.2. The Balaban J connectivity index is 0.00000400. The summed E-state index contributed by atoms with van der Waals surface area (Å²) in [6.07, 6.45) is 5.83. The third-order valence-electron chi connectivity index (χ3n) is 9.05. The zero-order valence-electron chi connectivity index (χ0n) is 26.9. The molecule has 230 valence electrons. The average Bonchev–Trinajstić information content (AvgIpc) is 3.59. The number of rotatable bonds is 9. The van der Waals surface area contributed by atoms with Crippen LogP contribution in [0.15, 0.2) is 59.5 Å². The molecule has 3 aromatic carbocycles. The number of ether oxygens (including phenoxy) is 3. The Morgan fingerprint density at radius 1 is 1.02 bits per heavy atom. The molecule has 6 rings (SSSR count). The van der Waals surface area contributed by atoms with Crippen LogP contribution in [0.3, 0.4) is 0 Å². The Morgan fingerprint density at radius 2 is 1.78 bits per heavy atom. The van der Waals surface area contributed by atoms with Crippen LogP contribution in [0.25, 0.3) is 11.4 Å². The van der Waals surface area contributed by atoms with Gasteiger partial charge in [-0.3, -0.25) is 4.90 Å². The van der Waals surface area contributed by atoms with Gasteiger partial charge in [0, 0.05) is 23.1 Å². The number of amides is 2. The number of imide groups is 1. The van der Waals surface area contributed by atoms with Gasteiger partial charge in [-0.1, -0.05) is 54.2 Å². The van der Waals surface area contributed by atoms with E-state index in [2.05, 4.69) is 50.0 Å². The van der Waals surface area contributed by atoms with Crippen molar-refractivity contribution in [1.82, 2.24) is 4.90 Å². The Kier molecular flexibility index (Phi) is 10.7. The molecule has 7 nitrogen and oxygen atoms in total. The second-order valence-electron chi connectivity index (χ2n) is 12.3. The van der Waals surface area contributed by atoms with Crippen molar-refractivity contribution in [1.29, 1.82) is 0 Å². The van der Waals surface area contributed by atoms with Crippen molar-refractivity contribution >= 4 is 29.0 Å². The van der Waals surface area contributed by atoms with E-state index in [1.165, 1.54) is 11.1 Å². The van der Waals surface area contributed by atoms with E-state index >= 15 is 0 Å². The first-order valence-electron chi connectivity index (χ1n) is 15.3. The smallest absolute Gasteiger partial charge is 0.581 e. The zero-order chi connectivity index (χ0) is 30.8. The summed E-state index contributed by atoms with van der Waals surface area (Å²) in [6, 6.07) is 18.2. The van der Waals surface area contributed by atoms with Gasteiger partial charge in [-0.05, 0) is 106 Å². The van der Waals surface area contributed by atoms with Gasteiger partial charge in [0.05, 0.1) is 5.91 Å². The fourth-order valence-corrected chi connectivity index (χ4v) is 7.10. The predicted octanol–water partition coefficient (Wildman–Crippen LogP) is 4.93. The summed E-state index contributed by atoms with van der Waals surface area (Å²) in [7, 11) is 0. The van der Waals surface area contributed by atoms with E-state index < -0.39 is 11.1 Å². The third-order valence-corrected chi connectivity index (χ3v) is 9.83. The van der Waals surface area contributed by atoms with Crippen molar-refractivity contribution in [3.63, 3.8) is 0 Å². The summed E-state index contributed by atoms with van der Waals surface area (Å²) < 4.78 is 19.5. The van der Waals surface area contributed by atoms with Crippen molar-refractivity contribution in [3.8, 4) is 17.2 Å². The quantitative estimate of drug-likeness (QED) is 0.244. The second kappa shape index (κ2) is 14.3. The van der Waals surface area contributed by atoms with Crippen LogP contribution in [0, 0.1) is 20.8 Å². The van der Waals surface area contributed by atoms with Gasteiger partial charge >= 0.3 is 29.6 Å². The van der Waals surface area contributed by atoms with Crippen molar-refractivity contribution < 1.29 is 53.4 Å². The summed E-state index contributed by atoms with van der Waals surface area (Å²) in [5, 5.41) is 2.97. The van der Waals surface area contributed by atoms with Gasteiger partial charge in [-0.25, -0.2) is 0 Å². The van der Waals surface area contributed by atoms with Crippen LogP contribution in [-0.2, 0) is 17.8 Å². The van der Waals surface area contributed by atoms with E-state index in [-0.39, 0.29) is 35.2 Å². The van der Waals surface area contributed by atoms with Crippen LogP contribution in [-0.4, -0.2) is 47.4 Å². The van der Waals surface area contributed by atoms with Crippen molar-refractivity contribution in [3.05, 3.63) is 98.2 Å². The molecule has 9 heteroatoms. The summed E-state index contributed by atoms with van der Waals surface area (Å²) in [5.41, 5.74) is 6.47. The molecule has 0 aromatic heterocycles. The van der Waals surface area contributed by atoms with Crippen molar-refractivity contribution in [2.75, 3.05) is 19.7 Å². The monoisotopic (exact) mass is 634 g/mol. The Morgan fingerprint density at radius 3 is 2.49 bits per heavy atom. The SMILES string of the molecule is Cc1c(C)c2c(c(C)c1OCc1ccccc1)CCC(C)(CN1CCC[C@H]1COc1ccc(/C=C3\SC(=O)[N-]C3=O)cc1)O2.[Na+]. The number of likely N-dealkylation sites (tertiary alicyclic amines) is 1. The normalized spacial score (nSPS) is 22.0. The first-order valence-corrected chi connectivity index (χ1v) is 16.2. The van der Waals surface area contributed by atoms with E-state index in [0.717, 1.165) is 90.0 Å². The third kappa shape index (κ3) is 7.63. The minimum absolute atomic E-state index is 0. The van der Waals surface area contributed by atoms with Gasteiger partial charge in [0.1, 0.15) is 41.3 Å². The molecule has 3 heterocycles. The van der Waals surface area contributed by atoms with E-state index in [4.69, 9.17) is 14.2 Å². The number of nitrogens with zero attached hydrogens (tertiary/aromatic N) is 2. The maximum atomic E-state index is 11.8. The van der Waals surface area contributed by atoms with Crippen LogP contribution >= 0.6 is 11.8 Å². The number of carbonyl (C=O) groups excluding carboxylic acids is 2. The average molecular weight is 635 g/mol. The van der Waals surface area contributed by atoms with E-state index in [1.807, 2.05) is 42.5 Å². The number of carbonyl (C=O) groups is 2. The first kappa shape index (κ1) is 33.6. The Labute approximate surface area is 292 Å². The molecule has 3 aliphatic rings. The summed E-state index contributed by atoms with van der Waals surface area (Å²) in [6.45, 7) is 11.8. The molecule has 2 fully saturated rings. The van der Waals surface area contributed by atoms with E-state index in [1.54, 1.807) is 6.08 Å². The molecular weight excluding hydrogens is 595 g/mol. The minimum atomic E-state index is -0.473. The van der Waals surface area contributed by atoms with Gasteiger partial charge in [0.2, 0.25) is 0 Å². The van der Waals surface area contributed by atoms with E-state index in [0.29, 0.717) is 24.2 Å². The molecule has 2 atom stereocenters. The summed E-state index contributed by atoms with van der Waals surface area (Å²) >= 11 is 0.867. The molecule has 3 aromatic rings. The maximum Gasteiger partial charge on any atom is 1.00 e. The van der Waals surface area contributed by atoms with Crippen LogP contribution in [0.1, 0.15) is 59.6 Å². The van der Waals surface area contributed by atoms with Crippen LogP contribution in [0.2, 0.25) is 0 Å². The summed E-state index contributed by atoms with van der Waals surface area (Å²) in [4.78, 5) is 26.0. The molecule has 3 aliphatic heterocycles. The number of hydrogen-bond donors (Lipinski definition) is 0. The molecule has 0 bridgehead atoms.